The summed E-state index contributed by atoms with van der Waals surface area (Å²) >= 11 is 3.29. The molecule has 0 fully saturated rings. The van der Waals surface area contributed by atoms with Gasteiger partial charge in [0.1, 0.15) is 5.82 Å². The van der Waals surface area contributed by atoms with Crippen LogP contribution < -0.4 is 16.4 Å². The molecule has 0 radical (unpaired) electrons. The predicted octanol–water partition coefficient (Wildman–Crippen LogP) is 3.41. The lowest BCUT2D eigenvalue weighted by Gasteiger charge is -2.13. The van der Waals surface area contributed by atoms with Crippen molar-refractivity contribution in [3.05, 3.63) is 46.2 Å². The minimum Gasteiger partial charge on any atom is -0.397 e. The highest BCUT2D eigenvalue weighted by Gasteiger charge is 2.20. The van der Waals surface area contributed by atoms with E-state index in [0.29, 0.717) is 33.6 Å². The number of para-hydroxylation sites is 1. The molecule has 0 aromatic heterocycles. The van der Waals surface area contributed by atoms with E-state index < -0.39 is 0 Å². The maximum Gasteiger partial charge on any atom is 0.228 e. The molecule has 102 valence electrons. The number of nitrogens with two attached hydrogens (primary N) is 1. The van der Waals surface area contributed by atoms with Crippen LogP contribution in [0.25, 0.3) is 0 Å². The fraction of sp³-hybridized carbons (Fsp3) is 0.0714. The highest BCUT2D eigenvalue weighted by atomic mass is 79.9. The van der Waals surface area contributed by atoms with Crippen molar-refractivity contribution < 1.29 is 9.18 Å². The highest BCUT2D eigenvalue weighted by Crippen LogP contribution is 2.35. The smallest absolute Gasteiger partial charge is 0.228 e. The summed E-state index contributed by atoms with van der Waals surface area (Å²) in [6.45, 7) is 0. The molecule has 4 nitrogen and oxygen atoms in total. The zero-order chi connectivity index (χ0) is 14.3. The van der Waals surface area contributed by atoms with E-state index in [2.05, 4.69) is 26.6 Å². The molecule has 3 rings (SSSR count). The molecule has 1 heterocycles. The summed E-state index contributed by atoms with van der Waals surface area (Å²) in [5.41, 5.74) is 8.84. The molecule has 2 aromatic rings. The molecule has 0 aliphatic carbocycles. The van der Waals surface area contributed by atoms with Gasteiger partial charge < -0.3 is 16.4 Å². The molecule has 1 aliphatic heterocycles. The van der Waals surface area contributed by atoms with Gasteiger partial charge in [-0.3, -0.25) is 4.79 Å². The number of hydrogen-bond donors (Lipinski definition) is 3. The Morgan fingerprint density at radius 2 is 2.15 bits per heavy atom. The number of fused-ring (bicyclic) bond motifs is 1. The summed E-state index contributed by atoms with van der Waals surface area (Å²) < 4.78 is 14.4. The lowest BCUT2D eigenvalue weighted by atomic mass is 10.1. The fourth-order valence-electron chi connectivity index (χ4n) is 2.15. The first-order valence-electron chi connectivity index (χ1n) is 5.98. The number of amides is 1. The number of carbonyl (C=O) groups is 1. The highest BCUT2D eigenvalue weighted by molar-refractivity contribution is 9.10. The minimum atomic E-state index is -0.386. The number of carbonyl (C=O) groups excluding carboxylic acids is 1. The van der Waals surface area contributed by atoms with Crippen LogP contribution >= 0.6 is 15.9 Å². The molecule has 0 bridgehead atoms. The quantitative estimate of drug-likeness (QED) is 0.737. The number of hydrogen-bond acceptors (Lipinski definition) is 3. The summed E-state index contributed by atoms with van der Waals surface area (Å²) in [7, 11) is 0. The molecular weight excluding hydrogens is 325 g/mol. The van der Waals surface area contributed by atoms with E-state index in [4.69, 9.17) is 5.73 Å². The maximum absolute atomic E-state index is 13.8. The Morgan fingerprint density at radius 1 is 1.35 bits per heavy atom. The molecule has 4 N–H and O–H groups in total. The largest absolute Gasteiger partial charge is 0.397 e. The second-order valence-corrected chi connectivity index (χ2v) is 5.40. The summed E-state index contributed by atoms with van der Waals surface area (Å²) in [5, 5.41) is 5.70. The van der Waals surface area contributed by atoms with Crippen molar-refractivity contribution in [3.63, 3.8) is 0 Å². The van der Waals surface area contributed by atoms with Crippen LogP contribution in [0.15, 0.2) is 34.8 Å². The number of benzene rings is 2. The molecule has 1 aliphatic rings. The van der Waals surface area contributed by atoms with E-state index in [1.54, 1.807) is 24.3 Å². The lowest BCUT2D eigenvalue weighted by molar-refractivity contribution is -0.115. The van der Waals surface area contributed by atoms with Gasteiger partial charge in [-0.2, -0.15) is 0 Å². The van der Waals surface area contributed by atoms with E-state index in [9.17, 15) is 9.18 Å². The van der Waals surface area contributed by atoms with Gasteiger partial charge in [0.25, 0.3) is 0 Å². The Labute approximate surface area is 123 Å². The first-order chi connectivity index (χ1) is 9.54. The van der Waals surface area contributed by atoms with Crippen LogP contribution in [0, 0.1) is 5.82 Å². The van der Waals surface area contributed by atoms with Crippen LogP contribution in [0.4, 0.5) is 27.1 Å². The number of anilines is 4. The lowest BCUT2D eigenvalue weighted by Crippen LogP contribution is -2.03. The summed E-state index contributed by atoms with van der Waals surface area (Å²) in [4.78, 5) is 11.3. The number of nitrogens with one attached hydrogen (secondary N) is 2. The van der Waals surface area contributed by atoms with Gasteiger partial charge >= 0.3 is 0 Å². The van der Waals surface area contributed by atoms with Crippen molar-refractivity contribution in [2.45, 2.75) is 6.42 Å². The Hall–Kier alpha value is -2.08. The number of halogens is 2. The Balaban J connectivity index is 2.00. The molecule has 0 atom stereocenters. The van der Waals surface area contributed by atoms with Crippen molar-refractivity contribution in [3.8, 4) is 0 Å². The third kappa shape index (κ3) is 2.22. The molecule has 0 saturated carbocycles. The minimum absolute atomic E-state index is 0.0661. The molecule has 0 saturated heterocycles. The number of nitrogen functional groups attached to an aromatic ring is 1. The molecule has 20 heavy (non-hydrogen) atoms. The molecule has 2 aromatic carbocycles. The normalized spacial score (nSPS) is 13.0. The summed E-state index contributed by atoms with van der Waals surface area (Å²) in [5.74, 6) is -0.452. The zero-order valence-electron chi connectivity index (χ0n) is 10.3. The third-order valence-corrected chi connectivity index (χ3v) is 3.78. The predicted molar refractivity (Wildman–Crippen MR) is 80.6 cm³/mol. The molecule has 1 amide bonds. The second-order valence-electron chi connectivity index (χ2n) is 4.54. The van der Waals surface area contributed by atoms with Gasteiger partial charge in [-0.15, -0.1) is 0 Å². The second kappa shape index (κ2) is 4.79. The van der Waals surface area contributed by atoms with E-state index >= 15 is 0 Å². The van der Waals surface area contributed by atoms with Crippen molar-refractivity contribution >= 4 is 44.6 Å². The van der Waals surface area contributed by atoms with E-state index in [0.717, 1.165) is 5.56 Å². The van der Waals surface area contributed by atoms with E-state index in [1.807, 2.05) is 0 Å². The van der Waals surface area contributed by atoms with Gasteiger partial charge in [0.05, 0.1) is 23.5 Å². The van der Waals surface area contributed by atoms with Crippen LogP contribution in [0.2, 0.25) is 0 Å². The monoisotopic (exact) mass is 335 g/mol. The average Bonchev–Trinajstić information content (AvgIpc) is 2.73. The van der Waals surface area contributed by atoms with E-state index in [-0.39, 0.29) is 11.7 Å². The van der Waals surface area contributed by atoms with Crippen LogP contribution in [0.5, 0.6) is 0 Å². The van der Waals surface area contributed by atoms with Crippen molar-refractivity contribution in [2.75, 3.05) is 16.4 Å². The Kier molecular flexibility index (Phi) is 3.10. The molecule has 6 heteroatoms. The van der Waals surface area contributed by atoms with E-state index in [1.165, 1.54) is 6.07 Å². The SMILES string of the molecule is Nc1cc2c(cc1Nc1c(F)cccc1Br)NC(=O)C2. The Bertz CT molecular complexity index is 698. The maximum atomic E-state index is 13.8. The van der Waals surface area contributed by atoms with Crippen molar-refractivity contribution in [2.24, 2.45) is 0 Å². The van der Waals surface area contributed by atoms with Gasteiger partial charge in [-0.05, 0) is 45.8 Å². The first-order valence-corrected chi connectivity index (χ1v) is 6.77. The standard InChI is InChI=1S/C14H11BrFN3O/c15-8-2-1-3-9(16)14(8)19-12-6-11-7(4-10(12)17)5-13(20)18-11/h1-4,6,19H,5,17H2,(H,18,20). The topological polar surface area (TPSA) is 67.2 Å². The third-order valence-electron chi connectivity index (χ3n) is 3.12. The average molecular weight is 336 g/mol. The van der Waals surface area contributed by atoms with Gasteiger partial charge in [0, 0.05) is 10.2 Å². The van der Waals surface area contributed by atoms with Gasteiger partial charge in [-0.25, -0.2) is 4.39 Å². The fourth-order valence-corrected chi connectivity index (χ4v) is 2.59. The van der Waals surface area contributed by atoms with Gasteiger partial charge in [0.15, 0.2) is 0 Å². The van der Waals surface area contributed by atoms with Crippen LogP contribution in [-0.2, 0) is 11.2 Å². The van der Waals surface area contributed by atoms with Crippen LogP contribution in [0.3, 0.4) is 0 Å². The van der Waals surface area contributed by atoms with Gasteiger partial charge in [0.2, 0.25) is 5.91 Å². The van der Waals surface area contributed by atoms with Crippen LogP contribution in [-0.4, -0.2) is 5.91 Å². The number of rotatable bonds is 2. The first kappa shape index (κ1) is 12.9. The zero-order valence-corrected chi connectivity index (χ0v) is 11.9. The summed E-state index contributed by atoms with van der Waals surface area (Å²) in [6.07, 6.45) is 0.323. The van der Waals surface area contributed by atoms with Crippen molar-refractivity contribution in [1.29, 1.82) is 0 Å². The molecular formula is C14H11BrFN3O. The van der Waals surface area contributed by atoms with Gasteiger partial charge in [-0.1, -0.05) is 6.07 Å². The molecule has 0 unspecified atom stereocenters. The van der Waals surface area contributed by atoms with Crippen LogP contribution in [0.1, 0.15) is 5.56 Å². The Morgan fingerprint density at radius 3 is 2.90 bits per heavy atom. The van der Waals surface area contributed by atoms with Crippen molar-refractivity contribution in [1.82, 2.24) is 0 Å². The molecule has 0 spiro atoms. The summed E-state index contributed by atoms with van der Waals surface area (Å²) in [6, 6.07) is 8.14.